The maximum absolute atomic E-state index is 8.17. The van der Waals surface area contributed by atoms with E-state index in [4.69, 9.17) is 29.5 Å². The van der Waals surface area contributed by atoms with Gasteiger partial charge in [-0.1, -0.05) is 90.9 Å². The van der Waals surface area contributed by atoms with E-state index >= 15 is 0 Å². The Hall–Kier alpha value is -0.240. The summed E-state index contributed by atoms with van der Waals surface area (Å²) in [6, 6.07) is 0. The molecule has 0 aliphatic rings. The summed E-state index contributed by atoms with van der Waals surface area (Å²) >= 11 is 0. The van der Waals surface area contributed by atoms with Crippen LogP contribution in [0.5, 0.6) is 0 Å². The average Bonchev–Trinajstić information content (AvgIpc) is 2.80. The minimum absolute atomic E-state index is 0.365. The maximum Gasteiger partial charge on any atom is 0.100 e. The molecular formula is C25H54O6. The molecule has 0 bridgehead atoms. The summed E-state index contributed by atoms with van der Waals surface area (Å²) in [7, 11) is 0. The van der Waals surface area contributed by atoms with Crippen molar-refractivity contribution in [1.29, 1.82) is 0 Å². The van der Waals surface area contributed by atoms with Gasteiger partial charge in [-0.3, -0.25) is 0 Å². The van der Waals surface area contributed by atoms with Gasteiger partial charge in [0.2, 0.25) is 0 Å². The lowest BCUT2D eigenvalue weighted by Gasteiger charge is -2.07. The van der Waals surface area contributed by atoms with Gasteiger partial charge in [0.05, 0.1) is 39.6 Å². The molecule has 0 fully saturated rings. The predicted octanol–water partition coefficient (Wildman–Crippen LogP) is 4.87. The Morgan fingerprint density at radius 1 is 0.452 bits per heavy atom. The Kier molecular flexibility index (Phi) is 33.9. The van der Waals surface area contributed by atoms with Crippen molar-refractivity contribution in [2.24, 2.45) is 0 Å². The van der Waals surface area contributed by atoms with Crippen LogP contribution in [0.3, 0.4) is 0 Å². The molecule has 0 amide bonds. The summed E-state index contributed by atoms with van der Waals surface area (Å²) in [5, 5.41) is 24.0. The van der Waals surface area contributed by atoms with Gasteiger partial charge < -0.3 is 29.5 Å². The molecule has 0 aliphatic carbocycles. The Morgan fingerprint density at radius 3 is 1.03 bits per heavy atom. The van der Waals surface area contributed by atoms with E-state index in [1.165, 1.54) is 89.9 Å². The van der Waals surface area contributed by atoms with Gasteiger partial charge in [-0.25, -0.2) is 0 Å². The number of aliphatic hydroxyl groups excluding tert-OH is 3. The van der Waals surface area contributed by atoms with Gasteiger partial charge in [0, 0.05) is 13.2 Å². The van der Waals surface area contributed by atoms with Crippen LogP contribution in [-0.4, -0.2) is 74.3 Å². The van der Waals surface area contributed by atoms with Gasteiger partial charge in [-0.05, 0) is 12.8 Å². The summed E-state index contributed by atoms with van der Waals surface area (Å²) in [5.41, 5.74) is 0. The van der Waals surface area contributed by atoms with Gasteiger partial charge in [0.15, 0.2) is 0 Å². The maximum atomic E-state index is 8.17. The van der Waals surface area contributed by atoms with Crippen molar-refractivity contribution >= 4 is 0 Å². The first-order valence-electron chi connectivity index (χ1n) is 12.9. The van der Waals surface area contributed by atoms with Crippen molar-refractivity contribution in [1.82, 2.24) is 0 Å². The zero-order valence-electron chi connectivity index (χ0n) is 20.7. The highest BCUT2D eigenvalue weighted by Crippen LogP contribution is 2.07. The molecule has 0 unspecified atom stereocenters. The highest BCUT2D eigenvalue weighted by molar-refractivity contribution is 4.46. The zero-order valence-corrected chi connectivity index (χ0v) is 20.7. The van der Waals surface area contributed by atoms with E-state index in [2.05, 4.69) is 13.8 Å². The van der Waals surface area contributed by atoms with E-state index in [1.54, 1.807) is 0 Å². The summed E-state index contributed by atoms with van der Waals surface area (Å²) < 4.78 is 16.7. The first-order chi connectivity index (χ1) is 15.2. The molecule has 6 nitrogen and oxygen atoms in total. The average molecular weight is 451 g/mol. The second kappa shape index (κ2) is 31.9. The molecular weight excluding hydrogens is 396 g/mol. The van der Waals surface area contributed by atoms with Crippen molar-refractivity contribution in [3.8, 4) is 0 Å². The lowest BCUT2D eigenvalue weighted by molar-refractivity contribution is 0.0132. The molecule has 0 radical (unpaired) electrons. The number of unbranched alkanes of at least 4 members (excludes halogenated alkanes) is 12. The van der Waals surface area contributed by atoms with Crippen LogP contribution in [0.15, 0.2) is 0 Å². The van der Waals surface area contributed by atoms with E-state index in [1.807, 2.05) is 0 Å². The number of ether oxygens (including phenoxy) is 3. The fraction of sp³-hybridized carbons (Fsp3) is 1.00. The van der Waals surface area contributed by atoms with Crippen LogP contribution in [-0.2, 0) is 14.2 Å². The largest absolute Gasteiger partial charge is 0.394 e. The zero-order chi connectivity index (χ0) is 23.3. The monoisotopic (exact) mass is 450 g/mol. The topological polar surface area (TPSA) is 88.4 Å². The van der Waals surface area contributed by atoms with E-state index in [-0.39, 0.29) is 13.2 Å². The van der Waals surface area contributed by atoms with Gasteiger partial charge >= 0.3 is 0 Å². The van der Waals surface area contributed by atoms with Crippen molar-refractivity contribution in [3.05, 3.63) is 0 Å². The van der Waals surface area contributed by atoms with Gasteiger partial charge in [-0.15, -0.1) is 0 Å². The first kappa shape index (κ1) is 32.9. The normalized spacial score (nSPS) is 11.0. The molecule has 0 spiro atoms. The fourth-order valence-corrected chi connectivity index (χ4v) is 2.92. The van der Waals surface area contributed by atoms with Crippen molar-refractivity contribution in [2.75, 3.05) is 52.9 Å². The molecule has 0 saturated carbocycles. The number of rotatable bonds is 24. The van der Waals surface area contributed by atoms with Crippen molar-refractivity contribution < 1.29 is 29.5 Å². The second-order valence-corrected chi connectivity index (χ2v) is 8.10. The Bertz CT molecular complexity index is 265. The van der Waals surface area contributed by atoms with E-state index in [9.17, 15) is 0 Å². The van der Waals surface area contributed by atoms with Crippen LogP contribution in [0.2, 0.25) is 0 Å². The summed E-state index contributed by atoms with van der Waals surface area (Å²) in [4.78, 5) is 0. The molecule has 0 aromatic heterocycles. The number of aliphatic hydroxyl groups is 3. The number of hydrogen-bond acceptors (Lipinski definition) is 6. The van der Waals surface area contributed by atoms with Gasteiger partial charge in [0.25, 0.3) is 0 Å². The fourth-order valence-electron chi connectivity index (χ4n) is 2.92. The third-order valence-corrected chi connectivity index (χ3v) is 4.95. The molecule has 0 saturated heterocycles. The quantitative estimate of drug-likeness (QED) is 0.182. The number of hydrogen-bond donors (Lipinski definition) is 3. The molecule has 0 aliphatic heterocycles. The van der Waals surface area contributed by atoms with Crippen LogP contribution < -0.4 is 0 Å². The molecule has 0 rings (SSSR count). The lowest BCUT2D eigenvalue weighted by atomic mass is 10.1. The highest BCUT2D eigenvalue weighted by atomic mass is 16.5. The highest BCUT2D eigenvalue weighted by Gasteiger charge is 1.95. The summed E-state index contributed by atoms with van der Waals surface area (Å²) in [6.45, 7) is 8.37. The van der Waals surface area contributed by atoms with Crippen LogP contribution in [0.25, 0.3) is 0 Å². The van der Waals surface area contributed by atoms with Crippen LogP contribution >= 0.6 is 0 Å². The minimum atomic E-state index is -0.954. The van der Waals surface area contributed by atoms with Crippen LogP contribution in [0, 0.1) is 0 Å². The van der Waals surface area contributed by atoms with Gasteiger partial charge in [-0.2, -0.15) is 0 Å². The smallest absolute Gasteiger partial charge is 0.100 e. The molecule has 190 valence electrons. The third kappa shape index (κ3) is 34.6. The van der Waals surface area contributed by atoms with Crippen LogP contribution in [0.1, 0.15) is 104 Å². The molecule has 0 heterocycles. The first-order valence-corrected chi connectivity index (χ1v) is 12.9. The van der Waals surface area contributed by atoms with E-state index < -0.39 is 6.10 Å². The minimum Gasteiger partial charge on any atom is -0.394 e. The molecule has 0 aromatic carbocycles. The Balaban J connectivity index is 0. The standard InChI is InChI=1S/C22H46O3.C3H8O3/c1-3-5-7-9-11-13-15-17-23-19-21-25-22-20-24-18-16-14-12-10-8-6-4-2;4-1-3(6)2-5/h3-22H2,1-2H3;3-6H,1-2H2. The Morgan fingerprint density at radius 2 is 0.742 bits per heavy atom. The SMILES string of the molecule is CCCCCCCCCOCCOCCOCCCCCCCCC.OCC(O)CO. The van der Waals surface area contributed by atoms with E-state index in [0.29, 0.717) is 26.4 Å². The molecule has 3 N–H and O–H groups in total. The molecule has 6 heteroatoms. The molecule has 0 aromatic rings. The van der Waals surface area contributed by atoms with Gasteiger partial charge in [0.1, 0.15) is 6.10 Å². The van der Waals surface area contributed by atoms with Crippen molar-refractivity contribution in [3.63, 3.8) is 0 Å². The molecule has 31 heavy (non-hydrogen) atoms. The summed E-state index contributed by atoms with van der Waals surface area (Å²) in [5.74, 6) is 0. The van der Waals surface area contributed by atoms with Crippen molar-refractivity contribution in [2.45, 2.75) is 110 Å². The third-order valence-electron chi connectivity index (χ3n) is 4.95. The summed E-state index contributed by atoms with van der Waals surface area (Å²) in [6.07, 6.45) is 17.7. The van der Waals surface area contributed by atoms with Crippen LogP contribution in [0.4, 0.5) is 0 Å². The molecule has 0 atom stereocenters. The van der Waals surface area contributed by atoms with E-state index in [0.717, 1.165) is 13.2 Å². The predicted molar refractivity (Wildman–Crippen MR) is 129 cm³/mol. The lowest BCUT2D eigenvalue weighted by Crippen LogP contribution is -2.15. The second-order valence-electron chi connectivity index (χ2n) is 8.10. The Labute approximate surface area is 192 Å².